The zero-order valence-electron chi connectivity index (χ0n) is 16.5. The van der Waals surface area contributed by atoms with E-state index in [0.717, 1.165) is 18.4 Å². The molecule has 0 bridgehead atoms. The van der Waals surface area contributed by atoms with E-state index in [1.807, 2.05) is 34.0 Å². The summed E-state index contributed by atoms with van der Waals surface area (Å²) < 4.78 is 1.96. The normalized spacial score (nSPS) is 15.9. The predicted octanol–water partition coefficient (Wildman–Crippen LogP) is 3.32. The van der Waals surface area contributed by atoms with Gasteiger partial charge in [-0.25, -0.2) is 0 Å². The van der Waals surface area contributed by atoms with Gasteiger partial charge < -0.3 is 14.4 Å². The first-order valence-electron chi connectivity index (χ1n) is 9.74. The third-order valence-electron chi connectivity index (χ3n) is 5.12. The van der Waals surface area contributed by atoms with Gasteiger partial charge >= 0.3 is 0 Å². The predicted molar refractivity (Wildman–Crippen MR) is 106 cm³/mol. The zero-order valence-corrected chi connectivity index (χ0v) is 16.5. The topological polar surface area (TPSA) is 45.6 Å². The lowest BCUT2D eigenvalue weighted by Gasteiger charge is -2.36. The molecule has 2 amide bonds. The summed E-state index contributed by atoms with van der Waals surface area (Å²) in [6.07, 6.45) is 5.56. The molecule has 1 fully saturated rings. The second-order valence-electron chi connectivity index (χ2n) is 7.51. The summed E-state index contributed by atoms with van der Waals surface area (Å²) in [5, 5.41) is 0. The molecule has 27 heavy (non-hydrogen) atoms. The number of nitrogens with zero attached hydrogens (tertiary/aromatic N) is 3. The molecule has 0 aliphatic carbocycles. The summed E-state index contributed by atoms with van der Waals surface area (Å²) in [5.74, 6) is 0.0731. The summed E-state index contributed by atoms with van der Waals surface area (Å²) in [5.41, 5.74) is 3.57. The number of piperazine rings is 1. The van der Waals surface area contributed by atoms with E-state index in [1.54, 1.807) is 4.90 Å². The van der Waals surface area contributed by atoms with Gasteiger partial charge in [-0.1, -0.05) is 42.7 Å². The van der Waals surface area contributed by atoms with Crippen LogP contribution in [-0.4, -0.2) is 45.8 Å². The quantitative estimate of drug-likeness (QED) is 0.786. The first-order chi connectivity index (χ1) is 13.0. The van der Waals surface area contributed by atoms with Crippen LogP contribution in [0.1, 0.15) is 42.5 Å². The van der Waals surface area contributed by atoms with Crippen molar-refractivity contribution in [2.45, 2.75) is 46.2 Å². The van der Waals surface area contributed by atoms with Crippen LogP contribution in [0.2, 0.25) is 0 Å². The van der Waals surface area contributed by atoms with E-state index in [2.05, 4.69) is 39.0 Å². The van der Waals surface area contributed by atoms with E-state index in [4.69, 9.17) is 0 Å². The van der Waals surface area contributed by atoms with E-state index in [0.29, 0.717) is 19.6 Å². The van der Waals surface area contributed by atoms with Gasteiger partial charge in [0.15, 0.2) is 0 Å². The Hall–Kier alpha value is -2.56. The second kappa shape index (κ2) is 8.42. The Bertz CT molecular complexity index is 778. The number of benzene rings is 1. The van der Waals surface area contributed by atoms with Crippen molar-refractivity contribution in [1.29, 1.82) is 0 Å². The van der Waals surface area contributed by atoms with Crippen LogP contribution in [0, 0.1) is 13.8 Å². The van der Waals surface area contributed by atoms with Gasteiger partial charge in [0.05, 0.1) is 6.54 Å². The first kappa shape index (κ1) is 19.2. The zero-order chi connectivity index (χ0) is 19.4. The van der Waals surface area contributed by atoms with E-state index < -0.39 is 0 Å². The van der Waals surface area contributed by atoms with Crippen molar-refractivity contribution in [1.82, 2.24) is 14.4 Å². The number of carbonyl (C=O) groups excluding carboxylic acids is 2. The largest absolute Gasteiger partial charge is 0.342 e. The molecular weight excluding hydrogens is 338 g/mol. The average Bonchev–Trinajstić information content (AvgIpc) is 3.14. The van der Waals surface area contributed by atoms with Gasteiger partial charge in [-0.3, -0.25) is 9.59 Å². The van der Waals surface area contributed by atoms with Crippen LogP contribution in [0.3, 0.4) is 0 Å². The van der Waals surface area contributed by atoms with Crippen LogP contribution in [0.5, 0.6) is 0 Å². The molecule has 0 radical (unpaired) electrons. The SMILES string of the molecule is CCCC(C(=O)N1CCN(Cc2cc(C)cc(C)c2)C(=O)C1)n1cccc1. The van der Waals surface area contributed by atoms with Crippen molar-refractivity contribution >= 4 is 11.8 Å². The smallest absolute Gasteiger partial charge is 0.246 e. The molecule has 0 N–H and O–H groups in total. The Morgan fingerprint density at radius 3 is 2.33 bits per heavy atom. The molecule has 1 aliphatic rings. The number of carbonyl (C=O) groups is 2. The van der Waals surface area contributed by atoms with Crippen LogP contribution in [0.25, 0.3) is 0 Å². The minimum Gasteiger partial charge on any atom is -0.342 e. The molecule has 1 aromatic heterocycles. The molecule has 1 saturated heterocycles. The molecule has 2 heterocycles. The lowest BCUT2D eigenvalue weighted by molar-refractivity contribution is -0.147. The number of aryl methyl sites for hydroxylation is 2. The van der Waals surface area contributed by atoms with Crippen molar-refractivity contribution in [3.05, 3.63) is 59.4 Å². The maximum Gasteiger partial charge on any atom is 0.246 e. The lowest BCUT2D eigenvalue weighted by Crippen LogP contribution is -2.53. The third kappa shape index (κ3) is 4.59. The molecule has 5 nitrogen and oxygen atoms in total. The van der Waals surface area contributed by atoms with E-state index >= 15 is 0 Å². The fourth-order valence-electron chi connectivity index (χ4n) is 3.88. The molecule has 1 aliphatic heterocycles. The van der Waals surface area contributed by atoms with Crippen molar-refractivity contribution < 1.29 is 9.59 Å². The van der Waals surface area contributed by atoms with Gasteiger partial charge in [0, 0.05) is 32.0 Å². The highest BCUT2D eigenvalue weighted by Crippen LogP contribution is 2.20. The number of amides is 2. The van der Waals surface area contributed by atoms with Crippen molar-refractivity contribution in [3.8, 4) is 0 Å². The molecule has 0 saturated carbocycles. The maximum atomic E-state index is 13.0. The fraction of sp³-hybridized carbons (Fsp3) is 0.455. The standard InChI is InChI=1S/C22H29N3O2/c1-4-7-20(23-8-5-6-9-23)22(27)25-11-10-24(21(26)16-25)15-19-13-17(2)12-18(3)14-19/h5-6,8-9,12-14,20H,4,7,10-11,15-16H2,1-3H3. The van der Waals surface area contributed by atoms with Crippen LogP contribution in [0.15, 0.2) is 42.7 Å². The summed E-state index contributed by atoms with van der Waals surface area (Å²) >= 11 is 0. The summed E-state index contributed by atoms with van der Waals surface area (Å²) in [6, 6.07) is 10.0. The molecule has 1 unspecified atom stereocenters. The molecule has 1 atom stereocenters. The fourth-order valence-corrected chi connectivity index (χ4v) is 3.88. The minimum atomic E-state index is -0.219. The number of aromatic nitrogens is 1. The van der Waals surface area contributed by atoms with Crippen molar-refractivity contribution in [2.24, 2.45) is 0 Å². The van der Waals surface area contributed by atoms with Crippen molar-refractivity contribution in [2.75, 3.05) is 19.6 Å². The Kier molecular flexibility index (Phi) is 5.99. The summed E-state index contributed by atoms with van der Waals surface area (Å²) in [4.78, 5) is 29.3. The van der Waals surface area contributed by atoms with E-state index in [9.17, 15) is 9.59 Å². The average molecular weight is 367 g/mol. The van der Waals surface area contributed by atoms with E-state index in [-0.39, 0.29) is 24.4 Å². The van der Waals surface area contributed by atoms with Gasteiger partial charge in [0.25, 0.3) is 0 Å². The summed E-state index contributed by atoms with van der Waals surface area (Å²) in [6.45, 7) is 8.19. The highest BCUT2D eigenvalue weighted by Gasteiger charge is 2.31. The van der Waals surface area contributed by atoms with Gasteiger partial charge in [0.2, 0.25) is 11.8 Å². The Morgan fingerprint density at radius 1 is 1.07 bits per heavy atom. The molecule has 2 aromatic rings. The van der Waals surface area contributed by atoms with Crippen LogP contribution >= 0.6 is 0 Å². The molecule has 5 heteroatoms. The van der Waals surface area contributed by atoms with Crippen LogP contribution < -0.4 is 0 Å². The number of hydrogen-bond donors (Lipinski definition) is 0. The minimum absolute atomic E-state index is 0.0245. The summed E-state index contributed by atoms with van der Waals surface area (Å²) in [7, 11) is 0. The maximum absolute atomic E-state index is 13.0. The van der Waals surface area contributed by atoms with E-state index in [1.165, 1.54) is 11.1 Å². The highest BCUT2D eigenvalue weighted by atomic mass is 16.2. The van der Waals surface area contributed by atoms with Crippen LogP contribution in [0.4, 0.5) is 0 Å². The van der Waals surface area contributed by atoms with Crippen LogP contribution in [-0.2, 0) is 16.1 Å². The molecule has 0 spiro atoms. The Morgan fingerprint density at radius 2 is 1.74 bits per heavy atom. The number of rotatable bonds is 6. The van der Waals surface area contributed by atoms with Gasteiger partial charge in [0.1, 0.15) is 6.04 Å². The van der Waals surface area contributed by atoms with Gasteiger partial charge in [-0.15, -0.1) is 0 Å². The molecule has 3 rings (SSSR count). The highest BCUT2D eigenvalue weighted by molar-refractivity contribution is 5.87. The lowest BCUT2D eigenvalue weighted by atomic mass is 10.1. The third-order valence-corrected chi connectivity index (χ3v) is 5.12. The van der Waals surface area contributed by atoms with Gasteiger partial charge in [-0.05, 0) is 38.0 Å². The molecule has 1 aromatic carbocycles. The Labute approximate surface area is 161 Å². The van der Waals surface area contributed by atoms with Gasteiger partial charge in [-0.2, -0.15) is 0 Å². The number of hydrogen-bond acceptors (Lipinski definition) is 2. The Balaban J connectivity index is 1.65. The second-order valence-corrected chi connectivity index (χ2v) is 7.51. The van der Waals surface area contributed by atoms with Crippen molar-refractivity contribution in [3.63, 3.8) is 0 Å². The monoisotopic (exact) mass is 367 g/mol. The molecular formula is C22H29N3O2. The first-order valence-corrected chi connectivity index (χ1v) is 9.74. The molecule has 144 valence electrons.